The Morgan fingerprint density at radius 1 is 0.944 bits per heavy atom. The molecule has 2 aromatic rings. The first kappa shape index (κ1) is 28.3. The molecular weight excluding hydrogens is 468 g/mol. The average Bonchev–Trinajstić information content (AvgIpc) is 3.31. The quantitative estimate of drug-likeness (QED) is 0.196. The van der Waals surface area contributed by atoms with Crippen LogP contribution in [0.4, 0.5) is 0 Å². The van der Waals surface area contributed by atoms with Gasteiger partial charge in [0.2, 0.25) is 17.7 Å². The number of hydrogen-bond acceptors (Lipinski definition) is 7. The molecule has 1 heterocycles. The van der Waals surface area contributed by atoms with Crippen LogP contribution in [-0.2, 0) is 32.0 Å². The first-order valence-corrected chi connectivity index (χ1v) is 11.6. The van der Waals surface area contributed by atoms with Gasteiger partial charge in [-0.2, -0.15) is 0 Å². The Bertz CT molecular complexity index is 1020. The summed E-state index contributed by atoms with van der Waals surface area (Å²) in [7, 11) is 0. The number of phenols is 1. The summed E-state index contributed by atoms with van der Waals surface area (Å²) >= 11 is 0. The highest BCUT2D eigenvalue weighted by Gasteiger charge is 2.29. The lowest BCUT2D eigenvalue weighted by atomic mass is 10.0. The third-order valence-electron chi connectivity index (χ3n) is 5.41. The van der Waals surface area contributed by atoms with E-state index in [0.717, 1.165) is 0 Å². The summed E-state index contributed by atoms with van der Waals surface area (Å²) in [6.45, 7) is 5.18. The minimum absolute atomic E-state index is 0.00847. The van der Waals surface area contributed by atoms with Crippen LogP contribution in [0.25, 0.3) is 0 Å². The van der Waals surface area contributed by atoms with Crippen molar-refractivity contribution in [2.24, 2.45) is 11.7 Å². The van der Waals surface area contributed by atoms with Gasteiger partial charge in [-0.05, 0) is 37.0 Å². The lowest BCUT2D eigenvalue weighted by molar-refractivity contribution is -0.142. The number of rotatable bonds is 13. The number of carboxylic acid groups (broad SMARTS) is 1. The minimum atomic E-state index is -1.24. The van der Waals surface area contributed by atoms with Gasteiger partial charge in [-0.25, -0.2) is 9.78 Å². The number of H-pyrrole nitrogens is 1. The molecule has 12 heteroatoms. The fourth-order valence-electron chi connectivity index (χ4n) is 3.45. The number of hydrogen-bond donors (Lipinski definition) is 7. The highest BCUT2D eigenvalue weighted by molar-refractivity contribution is 5.94. The number of carbonyl (C=O) groups is 4. The smallest absolute Gasteiger partial charge is 0.326 e. The topological polar surface area (TPSA) is 200 Å². The number of aromatic amines is 1. The summed E-state index contributed by atoms with van der Waals surface area (Å²) in [5.41, 5.74) is 7.18. The fraction of sp³-hybridized carbons (Fsp3) is 0.458. The third kappa shape index (κ3) is 9.02. The van der Waals surface area contributed by atoms with Gasteiger partial charge >= 0.3 is 5.97 Å². The van der Waals surface area contributed by atoms with E-state index < -0.39 is 47.9 Å². The SMILES string of the molecule is CC(C)CC(NC(=O)C(C)NC(=O)C(N)Cc1cnc[nH]1)C(=O)NC(Cc1ccc(O)cc1)C(=O)O. The zero-order valence-electron chi connectivity index (χ0n) is 20.5. The van der Waals surface area contributed by atoms with Gasteiger partial charge in [0.1, 0.15) is 23.9 Å². The number of nitrogens with zero attached hydrogens (tertiary/aromatic N) is 1. The monoisotopic (exact) mass is 502 g/mol. The van der Waals surface area contributed by atoms with E-state index in [1.54, 1.807) is 18.3 Å². The molecular formula is C24H34N6O6. The largest absolute Gasteiger partial charge is 0.508 e. The molecule has 3 amide bonds. The average molecular weight is 503 g/mol. The molecule has 36 heavy (non-hydrogen) atoms. The van der Waals surface area contributed by atoms with Crippen LogP contribution in [0.3, 0.4) is 0 Å². The number of aromatic nitrogens is 2. The summed E-state index contributed by atoms with van der Waals surface area (Å²) in [6, 6.07) is 1.82. The van der Waals surface area contributed by atoms with E-state index in [-0.39, 0.29) is 30.9 Å². The van der Waals surface area contributed by atoms with Crippen LogP contribution in [0, 0.1) is 5.92 Å². The highest BCUT2D eigenvalue weighted by Crippen LogP contribution is 2.12. The van der Waals surface area contributed by atoms with E-state index in [2.05, 4.69) is 25.9 Å². The Morgan fingerprint density at radius 2 is 1.58 bits per heavy atom. The van der Waals surface area contributed by atoms with Gasteiger partial charge < -0.3 is 36.9 Å². The number of nitrogens with two attached hydrogens (primary N) is 1. The van der Waals surface area contributed by atoms with Crippen molar-refractivity contribution in [3.63, 3.8) is 0 Å². The molecule has 4 atom stereocenters. The molecule has 0 saturated carbocycles. The lowest BCUT2D eigenvalue weighted by Crippen LogP contribution is -2.57. The summed E-state index contributed by atoms with van der Waals surface area (Å²) in [5.74, 6) is -3.00. The molecule has 1 aromatic heterocycles. The van der Waals surface area contributed by atoms with Gasteiger partial charge in [-0.1, -0.05) is 26.0 Å². The minimum Gasteiger partial charge on any atom is -0.508 e. The molecule has 4 unspecified atom stereocenters. The third-order valence-corrected chi connectivity index (χ3v) is 5.41. The number of imidazole rings is 1. The van der Waals surface area contributed by atoms with Crippen molar-refractivity contribution in [2.45, 2.75) is 64.2 Å². The molecule has 0 aliphatic heterocycles. The molecule has 196 valence electrons. The number of amides is 3. The van der Waals surface area contributed by atoms with Crippen molar-refractivity contribution in [3.05, 3.63) is 48.0 Å². The van der Waals surface area contributed by atoms with Crippen LogP contribution >= 0.6 is 0 Å². The molecule has 0 fully saturated rings. The Hall–Kier alpha value is -3.93. The van der Waals surface area contributed by atoms with E-state index >= 15 is 0 Å². The van der Waals surface area contributed by atoms with Gasteiger partial charge in [0.05, 0.1) is 12.4 Å². The van der Waals surface area contributed by atoms with E-state index in [1.807, 2.05) is 13.8 Å². The Balaban J connectivity index is 2.00. The second kappa shape index (κ2) is 13.2. The van der Waals surface area contributed by atoms with E-state index in [1.165, 1.54) is 25.4 Å². The molecule has 2 rings (SSSR count). The number of aromatic hydroxyl groups is 1. The number of nitrogens with one attached hydrogen (secondary N) is 4. The summed E-state index contributed by atoms with van der Waals surface area (Å²) in [6.07, 6.45) is 3.46. The second-order valence-corrected chi connectivity index (χ2v) is 9.08. The van der Waals surface area contributed by atoms with Gasteiger partial charge in [-0.3, -0.25) is 14.4 Å². The Morgan fingerprint density at radius 3 is 2.14 bits per heavy atom. The number of carboxylic acids is 1. The normalized spacial score (nSPS) is 14.4. The standard InChI is InChI=1S/C24H34N6O6/c1-13(2)8-19(23(34)30-20(24(35)36)9-15-4-6-17(31)7-5-15)29-21(32)14(3)28-22(33)18(25)10-16-11-26-12-27-16/h4-7,11-14,18-20,31H,8-10,25H2,1-3H3,(H,26,27)(H,28,33)(H,29,32)(H,30,34)(H,35,36). The van der Waals surface area contributed by atoms with Gasteiger partial charge in [0, 0.05) is 24.7 Å². The van der Waals surface area contributed by atoms with Crippen molar-refractivity contribution in [1.82, 2.24) is 25.9 Å². The van der Waals surface area contributed by atoms with Crippen molar-refractivity contribution in [2.75, 3.05) is 0 Å². The Labute approximate surface area is 209 Å². The van der Waals surface area contributed by atoms with E-state index in [0.29, 0.717) is 11.3 Å². The second-order valence-electron chi connectivity index (χ2n) is 9.08. The number of phenolic OH excluding ortho intramolecular Hbond substituents is 1. The van der Waals surface area contributed by atoms with Crippen LogP contribution in [-0.4, -0.2) is 68.0 Å². The van der Waals surface area contributed by atoms with Gasteiger partial charge in [0.25, 0.3) is 0 Å². The zero-order valence-corrected chi connectivity index (χ0v) is 20.5. The number of aliphatic carboxylic acids is 1. The van der Waals surface area contributed by atoms with Crippen LogP contribution in [0.1, 0.15) is 38.4 Å². The molecule has 0 spiro atoms. The molecule has 0 radical (unpaired) electrons. The molecule has 0 aliphatic carbocycles. The molecule has 8 N–H and O–H groups in total. The van der Waals surface area contributed by atoms with Crippen molar-refractivity contribution >= 4 is 23.7 Å². The van der Waals surface area contributed by atoms with Crippen LogP contribution in [0.15, 0.2) is 36.8 Å². The first-order valence-electron chi connectivity index (χ1n) is 11.6. The first-order chi connectivity index (χ1) is 17.0. The van der Waals surface area contributed by atoms with Gasteiger partial charge in [-0.15, -0.1) is 0 Å². The molecule has 1 aromatic carbocycles. The Kier molecular flexibility index (Phi) is 10.4. The predicted octanol–water partition coefficient (Wildman–Crippen LogP) is -0.167. The molecule has 12 nitrogen and oxygen atoms in total. The van der Waals surface area contributed by atoms with E-state index in [4.69, 9.17) is 5.73 Å². The molecule has 0 aliphatic rings. The van der Waals surface area contributed by atoms with Crippen LogP contribution in [0.2, 0.25) is 0 Å². The van der Waals surface area contributed by atoms with Crippen molar-refractivity contribution < 1.29 is 29.4 Å². The lowest BCUT2D eigenvalue weighted by Gasteiger charge is -2.25. The maximum atomic E-state index is 13.0. The predicted molar refractivity (Wildman–Crippen MR) is 131 cm³/mol. The maximum Gasteiger partial charge on any atom is 0.326 e. The van der Waals surface area contributed by atoms with Crippen LogP contribution < -0.4 is 21.7 Å². The maximum absolute atomic E-state index is 13.0. The summed E-state index contributed by atoms with van der Waals surface area (Å²) in [4.78, 5) is 56.6. The van der Waals surface area contributed by atoms with Crippen molar-refractivity contribution in [1.29, 1.82) is 0 Å². The van der Waals surface area contributed by atoms with Crippen LogP contribution in [0.5, 0.6) is 5.75 Å². The number of carbonyl (C=O) groups excluding carboxylic acids is 3. The summed E-state index contributed by atoms with van der Waals surface area (Å²) in [5, 5.41) is 26.6. The molecule has 0 bridgehead atoms. The molecule has 0 saturated heterocycles. The van der Waals surface area contributed by atoms with Crippen molar-refractivity contribution in [3.8, 4) is 5.75 Å². The zero-order chi connectivity index (χ0) is 26.8. The fourth-order valence-corrected chi connectivity index (χ4v) is 3.45. The van der Waals surface area contributed by atoms with Gasteiger partial charge in [0.15, 0.2) is 0 Å². The van der Waals surface area contributed by atoms with E-state index in [9.17, 15) is 29.4 Å². The highest BCUT2D eigenvalue weighted by atomic mass is 16.4. The summed E-state index contributed by atoms with van der Waals surface area (Å²) < 4.78 is 0. The number of benzene rings is 1.